The van der Waals surface area contributed by atoms with Gasteiger partial charge in [0.05, 0.1) is 11.0 Å². The van der Waals surface area contributed by atoms with Crippen molar-refractivity contribution in [3.63, 3.8) is 0 Å². The predicted molar refractivity (Wildman–Crippen MR) is 82.6 cm³/mol. The first kappa shape index (κ1) is 14.1. The minimum atomic E-state index is -0.666. The van der Waals surface area contributed by atoms with Crippen molar-refractivity contribution in [2.24, 2.45) is 0 Å². The molecule has 0 saturated carbocycles. The highest BCUT2D eigenvalue weighted by Gasteiger charge is 2.44. The predicted octanol–water partition coefficient (Wildman–Crippen LogP) is 1.09. The van der Waals surface area contributed by atoms with E-state index in [4.69, 9.17) is 0 Å². The van der Waals surface area contributed by atoms with Crippen LogP contribution < -0.4 is 10.5 Å². The van der Waals surface area contributed by atoms with Crippen molar-refractivity contribution < 1.29 is 10.0 Å². The normalized spacial score (nSPS) is 26.7. The summed E-state index contributed by atoms with van der Waals surface area (Å²) in [6.07, 6.45) is 3.93. The number of nitrogens with zero attached hydrogens (tertiary/aromatic N) is 4. The van der Waals surface area contributed by atoms with Gasteiger partial charge >= 0.3 is 11.2 Å². The van der Waals surface area contributed by atoms with Gasteiger partial charge in [0, 0.05) is 18.3 Å². The highest BCUT2D eigenvalue weighted by atomic mass is 16.6. The Labute approximate surface area is 131 Å². The Kier molecular flexibility index (Phi) is 3.08. The van der Waals surface area contributed by atoms with E-state index in [0.29, 0.717) is 18.5 Å². The van der Waals surface area contributed by atoms with E-state index in [1.54, 1.807) is 18.2 Å². The fourth-order valence-corrected chi connectivity index (χ4v) is 3.90. The zero-order valence-electron chi connectivity index (χ0n) is 12.3. The number of aliphatic hydroxyl groups is 1. The zero-order chi connectivity index (χ0) is 16.1. The number of aromatic nitrogens is 2. The lowest BCUT2D eigenvalue weighted by molar-refractivity contribution is -0.385. The zero-order valence-corrected chi connectivity index (χ0v) is 12.3. The second-order valence-corrected chi connectivity index (χ2v) is 6.19. The molecular weight excluding hydrogens is 300 g/mol. The minimum absolute atomic E-state index is 0.000474. The molecular formula is C15H16N4O4. The lowest BCUT2D eigenvalue weighted by Gasteiger charge is -2.37. The van der Waals surface area contributed by atoms with E-state index in [-0.39, 0.29) is 24.0 Å². The third-order valence-corrected chi connectivity index (χ3v) is 4.83. The summed E-state index contributed by atoms with van der Waals surface area (Å²) in [4.78, 5) is 29.7. The van der Waals surface area contributed by atoms with Crippen LogP contribution in [0.1, 0.15) is 25.7 Å². The van der Waals surface area contributed by atoms with E-state index in [1.807, 2.05) is 4.90 Å². The van der Waals surface area contributed by atoms with E-state index in [1.165, 1.54) is 10.6 Å². The lowest BCUT2D eigenvalue weighted by Crippen LogP contribution is -2.46. The summed E-state index contributed by atoms with van der Waals surface area (Å²) >= 11 is 0. The Morgan fingerprint density at radius 3 is 2.61 bits per heavy atom. The van der Waals surface area contributed by atoms with Gasteiger partial charge in [0.15, 0.2) is 0 Å². The van der Waals surface area contributed by atoms with Gasteiger partial charge in [0.25, 0.3) is 0 Å². The van der Waals surface area contributed by atoms with Crippen LogP contribution in [0.4, 0.5) is 11.5 Å². The molecule has 2 aromatic heterocycles. The Hall–Kier alpha value is -2.48. The molecule has 8 nitrogen and oxygen atoms in total. The molecule has 0 amide bonds. The molecule has 2 atom stereocenters. The summed E-state index contributed by atoms with van der Waals surface area (Å²) < 4.78 is 1.20. The van der Waals surface area contributed by atoms with Crippen LogP contribution in [0.2, 0.25) is 0 Å². The number of rotatable bonds is 2. The van der Waals surface area contributed by atoms with Gasteiger partial charge in [-0.1, -0.05) is 6.07 Å². The van der Waals surface area contributed by atoms with Gasteiger partial charge in [-0.25, -0.2) is 4.98 Å². The van der Waals surface area contributed by atoms with Crippen molar-refractivity contribution in [1.29, 1.82) is 0 Å². The first-order valence-corrected chi connectivity index (χ1v) is 7.68. The maximum Gasteiger partial charge on any atom is 0.376 e. The average molecular weight is 316 g/mol. The highest BCUT2D eigenvalue weighted by Crippen LogP contribution is 2.40. The maximum atomic E-state index is 12.5. The van der Waals surface area contributed by atoms with Crippen LogP contribution in [0.25, 0.3) is 5.65 Å². The van der Waals surface area contributed by atoms with Gasteiger partial charge in [-0.15, -0.1) is 0 Å². The van der Waals surface area contributed by atoms with Crippen LogP contribution >= 0.6 is 0 Å². The van der Waals surface area contributed by atoms with Gasteiger partial charge in [-0.05, 0) is 37.8 Å². The third kappa shape index (κ3) is 2.09. The lowest BCUT2D eigenvalue weighted by atomic mass is 10.00. The van der Waals surface area contributed by atoms with Crippen LogP contribution in [0, 0.1) is 10.1 Å². The van der Waals surface area contributed by atoms with Crippen molar-refractivity contribution in [3.05, 3.63) is 44.9 Å². The van der Waals surface area contributed by atoms with Crippen LogP contribution in [0.5, 0.6) is 0 Å². The SMILES string of the molecule is O=c1c([N+](=O)[O-])c(N2C3CCC2CC(O)C3)nc2ccccn12. The topological polar surface area (TPSA) is 101 Å². The molecule has 2 aromatic rings. The Bertz CT molecular complexity index is 835. The second-order valence-electron chi connectivity index (χ2n) is 6.19. The number of aliphatic hydroxyl groups excluding tert-OH is 1. The van der Waals surface area contributed by atoms with Crippen LogP contribution in [0.3, 0.4) is 0 Å². The summed E-state index contributed by atoms with van der Waals surface area (Å²) in [5.74, 6) is 0.144. The molecule has 1 N–H and O–H groups in total. The quantitative estimate of drug-likeness (QED) is 0.657. The highest BCUT2D eigenvalue weighted by molar-refractivity contribution is 5.63. The molecule has 8 heteroatoms. The van der Waals surface area contributed by atoms with Gasteiger partial charge in [-0.3, -0.25) is 19.3 Å². The molecule has 2 aliphatic rings. The van der Waals surface area contributed by atoms with Crippen LogP contribution in [-0.4, -0.2) is 37.6 Å². The first-order valence-electron chi connectivity index (χ1n) is 7.68. The average Bonchev–Trinajstić information content (AvgIpc) is 2.78. The molecule has 0 radical (unpaired) electrons. The summed E-state index contributed by atoms with van der Waals surface area (Å²) in [6, 6.07) is 5.04. The summed E-state index contributed by atoms with van der Waals surface area (Å²) in [7, 11) is 0. The molecule has 2 unspecified atom stereocenters. The largest absolute Gasteiger partial charge is 0.393 e. The summed E-state index contributed by atoms with van der Waals surface area (Å²) in [6.45, 7) is 0. The van der Waals surface area contributed by atoms with E-state index < -0.39 is 16.2 Å². The number of anilines is 1. The standard InChI is InChI=1S/C15H16N4O4/c20-11-7-9-4-5-10(8-11)18(9)14-13(19(22)23)15(21)17-6-2-1-3-12(17)16-14/h1-3,6,9-11,20H,4-5,7-8H2. The number of piperidine rings is 1. The van der Waals surface area contributed by atoms with Crippen molar-refractivity contribution in [3.8, 4) is 0 Å². The molecule has 2 bridgehead atoms. The molecule has 0 aliphatic carbocycles. The van der Waals surface area contributed by atoms with Crippen LogP contribution in [-0.2, 0) is 0 Å². The molecule has 0 spiro atoms. The van der Waals surface area contributed by atoms with Gasteiger partial charge < -0.3 is 10.0 Å². The molecule has 4 rings (SSSR count). The molecule has 23 heavy (non-hydrogen) atoms. The van der Waals surface area contributed by atoms with Crippen molar-refractivity contribution in [2.75, 3.05) is 4.90 Å². The van der Waals surface area contributed by atoms with Gasteiger partial charge in [0.2, 0.25) is 5.82 Å². The van der Waals surface area contributed by atoms with Crippen molar-refractivity contribution >= 4 is 17.2 Å². The van der Waals surface area contributed by atoms with Crippen molar-refractivity contribution in [1.82, 2.24) is 9.38 Å². The fraction of sp³-hybridized carbons (Fsp3) is 0.467. The van der Waals surface area contributed by atoms with E-state index >= 15 is 0 Å². The molecule has 4 heterocycles. The number of hydrogen-bond donors (Lipinski definition) is 1. The monoisotopic (exact) mass is 316 g/mol. The van der Waals surface area contributed by atoms with E-state index in [2.05, 4.69) is 4.98 Å². The molecule has 120 valence electrons. The molecule has 2 saturated heterocycles. The molecule has 0 aromatic carbocycles. The smallest absolute Gasteiger partial charge is 0.376 e. The van der Waals surface area contributed by atoms with Crippen molar-refractivity contribution in [2.45, 2.75) is 43.9 Å². The fourth-order valence-electron chi connectivity index (χ4n) is 3.90. The van der Waals surface area contributed by atoms with E-state index in [9.17, 15) is 20.0 Å². The molecule has 2 fully saturated rings. The summed E-state index contributed by atoms with van der Waals surface area (Å²) in [5.41, 5.74) is -0.758. The number of fused-ring (bicyclic) bond motifs is 3. The number of hydrogen-bond acceptors (Lipinski definition) is 6. The van der Waals surface area contributed by atoms with Gasteiger partial charge in [0.1, 0.15) is 5.65 Å². The number of nitro groups is 1. The Balaban J connectivity index is 1.95. The maximum absolute atomic E-state index is 12.5. The van der Waals surface area contributed by atoms with E-state index in [0.717, 1.165) is 12.8 Å². The number of pyridine rings is 1. The third-order valence-electron chi connectivity index (χ3n) is 4.83. The Morgan fingerprint density at radius 1 is 1.26 bits per heavy atom. The second kappa shape index (κ2) is 5.02. The van der Waals surface area contributed by atoms with Gasteiger partial charge in [-0.2, -0.15) is 0 Å². The molecule has 2 aliphatic heterocycles. The first-order chi connectivity index (χ1) is 11.1. The van der Waals surface area contributed by atoms with Crippen LogP contribution in [0.15, 0.2) is 29.2 Å². The Morgan fingerprint density at radius 2 is 1.96 bits per heavy atom. The minimum Gasteiger partial charge on any atom is -0.393 e. The summed E-state index contributed by atoms with van der Waals surface area (Å²) in [5, 5.41) is 21.4.